The molecule has 0 fully saturated rings. The van der Waals surface area contributed by atoms with Crippen molar-refractivity contribution in [2.75, 3.05) is 26.1 Å². The molecule has 1 unspecified atom stereocenters. The van der Waals surface area contributed by atoms with E-state index in [1.165, 1.54) is 7.05 Å². The molecule has 0 saturated carbocycles. The lowest BCUT2D eigenvalue weighted by molar-refractivity contribution is -0.199. The first-order valence-corrected chi connectivity index (χ1v) is 8.02. The van der Waals surface area contributed by atoms with Crippen LogP contribution in [-0.2, 0) is 14.3 Å². The van der Waals surface area contributed by atoms with Gasteiger partial charge in [-0.1, -0.05) is 13.3 Å². The summed E-state index contributed by atoms with van der Waals surface area (Å²) in [7, 11) is 1.33. The minimum atomic E-state index is -5.06. The average molecular weight is 375 g/mol. The molecule has 6 nitrogen and oxygen atoms in total. The molecule has 0 aliphatic carbocycles. The fourth-order valence-corrected chi connectivity index (χ4v) is 2.17. The van der Waals surface area contributed by atoms with Crippen molar-refractivity contribution < 1.29 is 32.3 Å². The number of carbonyl (C=O) groups is 3. The van der Waals surface area contributed by atoms with E-state index in [0.29, 0.717) is 12.3 Å². The summed E-state index contributed by atoms with van der Waals surface area (Å²) >= 11 is 5.74. The molecule has 0 bridgehead atoms. The Kier molecular flexibility index (Phi) is 10.4. The van der Waals surface area contributed by atoms with Gasteiger partial charge in [-0.05, 0) is 18.8 Å². The van der Waals surface area contributed by atoms with Crippen LogP contribution in [0.15, 0.2) is 0 Å². The summed E-state index contributed by atoms with van der Waals surface area (Å²) in [4.78, 5) is 35.3. The van der Waals surface area contributed by atoms with Gasteiger partial charge in [0, 0.05) is 25.9 Å². The molecule has 10 heteroatoms. The third-order valence-corrected chi connectivity index (χ3v) is 3.75. The van der Waals surface area contributed by atoms with E-state index < -0.39 is 30.7 Å². The lowest BCUT2D eigenvalue weighted by Gasteiger charge is -2.21. The number of urea groups is 1. The van der Waals surface area contributed by atoms with Crippen LogP contribution >= 0.6 is 11.6 Å². The first-order chi connectivity index (χ1) is 11.2. The van der Waals surface area contributed by atoms with Gasteiger partial charge < -0.3 is 10.1 Å². The highest BCUT2D eigenvalue weighted by molar-refractivity contribution is 6.18. The van der Waals surface area contributed by atoms with Crippen LogP contribution in [0.5, 0.6) is 0 Å². The maximum atomic E-state index is 12.1. The van der Waals surface area contributed by atoms with Crippen LogP contribution in [0.1, 0.15) is 32.6 Å². The molecular formula is C14H22ClF3N2O4. The Balaban J connectivity index is 4.44. The minimum Gasteiger partial charge on any atom is -0.459 e. The highest BCUT2D eigenvalue weighted by atomic mass is 35.5. The van der Waals surface area contributed by atoms with Crippen molar-refractivity contribution in [3.63, 3.8) is 0 Å². The number of rotatable bonds is 9. The van der Waals surface area contributed by atoms with Gasteiger partial charge in [0.2, 0.25) is 5.91 Å². The van der Waals surface area contributed by atoms with Crippen LogP contribution in [0.3, 0.4) is 0 Å². The van der Waals surface area contributed by atoms with Gasteiger partial charge in [-0.2, -0.15) is 13.2 Å². The maximum Gasteiger partial charge on any atom is 0.490 e. The number of esters is 1. The zero-order valence-electron chi connectivity index (χ0n) is 13.6. The topological polar surface area (TPSA) is 75.7 Å². The summed E-state index contributed by atoms with van der Waals surface area (Å²) in [6, 6.07) is -0.666. The van der Waals surface area contributed by atoms with Crippen LogP contribution in [0.25, 0.3) is 0 Å². The molecule has 0 aromatic carbocycles. The minimum absolute atomic E-state index is 0.0896. The van der Waals surface area contributed by atoms with Gasteiger partial charge in [-0.15, -0.1) is 11.6 Å². The highest BCUT2D eigenvalue weighted by Gasteiger charge is 2.40. The predicted molar refractivity (Wildman–Crippen MR) is 81.5 cm³/mol. The van der Waals surface area contributed by atoms with E-state index in [2.05, 4.69) is 10.1 Å². The Labute approximate surface area is 143 Å². The molecule has 0 saturated heterocycles. The Bertz CT molecular complexity index is 429. The highest BCUT2D eigenvalue weighted by Crippen LogP contribution is 2.17. The van der Waals surface area contributed by atoms with E-state index in [-0.39, 0.29) is 25.3 Å². The second-order valence-electron chi connectivity index (χ2n) is 5.06. The van der Waals surface area contributed by atoms with E-state index in [1.54, 1.807) is 0 Å². The molecule has 3 amide bonds. The number of ether oxygens (including phenoxy) is 1. The molecule has 1 N–H and O–H groups in total. The van der Waals surface area contributed by atoms with Crippen LogP contribution in [0.4, 0.5) is 18.0 Å². The van der Waals surface area contributed by atoms with E-state index in [1.807, 2.05) is 6.92 Å². The van der Waals surface area contributed by atoms with Crippen LogP contribution < -0.4 is 5.32 Å². The maximum absolute atomic E-state index is 12.1. The monoisotopic (exact) mass is 374 g/mol. The molecule has 1 atom stereocenters. The van der Waals surface area contributed by atoms with E-state index in [9.17, 15) is 27.6 Å². The normalized spacial score (nSPS) is 12.4. The SMILES string of the molecule is CCC(CCl)CCC(=O)N(CCCOC(=O)C(F)(F)F)C(=O)NC. The molecule has 0 spiro atoms. The molecular weight excluding hydrogens is 353 g/mol. The number of amides is 3. The lowest BCUT2D eigenvalue weighted by atomic mass is 10.0. The van der Waals surface area contributed by atoms with E-state index in [4.69, 9.17) is 11.6 Å². The number of hydrogen-bond acceptors (Lipinski definition) is 4. The average Bonchev–Trinajstić information content (AvgIpc) is 2.53. The van der Waals surface area contributed by atoms with Gasteiger partial charge in [-0.3, -0.25) is 9.69 Å². The molecule has 0 aliphatic rings. The fraction of sp³-hybridized carbons (Fsp3) is 0.786. The van der Waals surface area contributed by atoms with Crippen molar-refractivity contribution in [2.24, 2.45) is 5.92 Å². The van der Waals surface area contributed by atoms with Crippen molar-refractivity contribution >= 4 is 29.5 Å². The van der Waals surface area contributed by atoms with Crippen molar-refractivity contribution in [3.8, 4) is 0 Å². The summed E-state index contributed by atoms with van der Waals surface area (Å²) in [6.45, 7) is 1.24. The number of alkyl halides is 4. The number of halogens is 4. The number of imide groups is 1. The number of nitrogens with one attached hydrogen (secondary N) is 1. The first-order valence-electron chi connectivity index (χ1n) is 7.49. The number of hydrogen-bond donors (Lipinski definition) is 1. The van der Waals surface area contributed by atoms with Crippen LogP contribution in [0.2, 0.25) is 0 Å². The van der Waals surface area contributed by atoms with Gasteiger partial charge in [0.15, 0.2) is 0 Å². The zero-order valence-corrected chi connectivity index (χ0v) is 14.4. The van der Waals surface area contributed by atoms with E-state index in [0.717, 1.165) is 11.3 Å². The van der Waals surface area contributed by atoms with Gasteiger partial charge >= 0.3 is 18.2 Å². The molecule has 0 aromatic rings. The Morgan fingerprint density at radius 1 is 1.29 bits per heavy atom. The van der Waals surface area contributed by atoms with Gasteiger partial charge in [0.05, 0.1) is 6.61 Å². The number of carbonyl (C=O) groups excluding carboxylic acids is 3. The third kappa shape index (κ3) is 8.37. The summed E-state index contributed by atoms with van der Waals surface area (Å²) in [5.41, 5.74) is 0. The van der Waals surface area contributed by atoms with Crippen LogP contribution in [0, 0.1) is 5.92 Å². The molecule has 0 aliphatic heterocycles. The van der Waals surface area contributed by atoms with E-state index >= 15 is 0 Å². The Morgan fingerprint density at radius 2 is 1.92 bits per heavy atom. The number of nitrogens with zero attached hydrogens (tertiary/aromatic N) is 1. The Hall–Kier alpha value is -1.51. The molecule has 24 heavy (non-hydrogen) atoms. The van der Waals surface area contributed by atoms with Crippen molar-refractivity contribution in [1.82, 2.24) is 10.2 Å². The molecule has 140 valence electrons. The Morgan fingerprint density at radius 3 is 2.38 bits per heavy atom. The smallest absolute Gasteiger partial charge is 0.459 e. The largest absolute Gasteiger partial charge is 0.490 e. The van der Waals surface area contributed by atoms with Crippen molar-refractivity contribution in [1.29, 1.82) is 0 Å². The van der Waals surface area contributed by atoms with Crippen molar-refractivity contribution in [3.05, 3.63) is 0 Å². The standard InChI is InChI=1S/C14H22ClF3N2O4/c1-3-10(9-15)5-6-11(21)20(13(23)19-2)7-4-8-24-12(22)14(16,17)18/h10H,3-9H2,1-2H3,(H,19,23). The molecule has 0 rings (SSSR count). The first kappa shape index (κ1) is 22.5. The second-order valence-corrected chi connectivity index (χ2v) is 5.36. The molecule has 0 aromatic heterocycles. The van der Waals surface area contributed by atoms with Gasteiger partial charge in [-0.25, -0.2) is 9.59 Å². The predicted octanol–water partition coefficient (Wildman–Crippen LogP) is 2.70. The molecule has 0 radical (unpaired) electrons. The summed E-state index contributed by atoms with van der Waals surface area (Å²) in [5.74, 6) is -2.21. The summed E-state index contributed by atoms with van der Waals surface area (Å²) < 4.78 is 40.0. The lowest BCUT2D eigenvalue weighted by Crippen LogP contribution is -2.43. The fourth-order valence-electron chi connectivity index (χ4n) is 1.80. The van der Waals surface area contributed by atoms with Crippen molar-refractivity contribution in [2.45, 2.75) is 38.8 Å². The zero-order chi connectivity index (χ0) is 18.8. The van der Waals surface area contributed by atoms with Crippen LogP contribution in [-0.4, -0.2) is 55.1 Å². The summed E-state index contributed by atoms with van der Waals surface area (Å²) in [6.07, 6.45) is -3.75. The molecule has 0 heterocycles. The quantitative estimate of drug-likeness (QED) is 0.382. The van der Waals surface area contributed by atoms with Gasteiger partial charge in [0.1, 0.15) is 0 Å². The third-order valence-electron chi connectivity index (χ3n) is 3.31. The summed E-state index contributed by atoms with van der Waals surface area (Å²) in [5, 5.41) is 2.29. The second kappa shape index (κ2) is 11.1. The van der Waals surface area contributed by atoms with Gasteiger partial charge in [0.25, 0.3) is 0 Å².